The van der Waals surface area contributed by atoms with Crippen LogP contribution in [0.15, 0.2) is 22.7 Å². The van der Waals surface area contributed by atoms with Gasteiger partial charge in [0.1, 0.15) is 0 Å². The van der Waals surface area contributed by atoms with Gasteiger partial charge in [0.15, 0.2) is 0 Å². The summed E-state index contributed by atoms with van der Waals surface area (Å²) in [4.78, 5) is 11.9. The van der Waals surface area contributed by atoms with Crippen LogP contribution < -0.4 is 5.32 Å². The Morgan fingerprint density at radius 3 is 2.71 bits per heavy atom. The highest BCUT2D eigenvalue weighted by molar-refractivity contribution is 9.10. The third kappa shape index (κ3) is 3.24. The molecule has 1 saturated carbocycles. The van der Waals surface area contributed by atoms with Gasteiger partial charge in [-0.1, -0.05) is 27.5 Å². The van der Waals surface area contributed by atoms with Gasteiger partial charge >= 0.3 is 0 Å². The second-order valence-electron chi connectivity index (χ2n) is 4.45. The van der Waals surface area contributed by atoms with Gasteiger partial charge in [-0.3, -0.25) is 4.79 Å². The molecule has 1 aliphatic carbocycles. The molecular weight excluding hydrogens is 369 g/mol. The summed E-state index contributed by atoms with van der Waals surface area (Å²) in [5, 5.41) is 4.46. The van der Waals surface area contributed by atoms with Gasteiger partial charge in [0, 0.05) is 21.9 Å². The Morgan fingerprint density at radius 2 is 2.18 bits per heavy atom. The van der Waals surface area contributed by atoms with Crippen LogP contribution in [-0.4, -0.2) is 17.8 Å². The number of alkyl halides is 1. The van der Waals surface area contributed by atoms with E-state index in [2.05, 4.69) is 37.2 Å². The predicted molar refractivity (Wildman–Crippen MR) is 76.9 cm³/mol. The van der Waals surface area contributed by atoms with Crippen molar-refractivity contribution in [2.24, 2.45) is 5.41 Å². The number of halogens is 3. The zero-order valence-electron chi connectivity index (χ0n) is 9.10. The lowest BCUT2D eigenvalue weighted by Gasteiger charge is -2.12. The summed E-state index contributed by atoms with van der Waals surface area (Å²) in [6, 6.07) is 5.22. The molecular formula is C12H12Br2ClNO. The van der Waals surface area contributed by atoms with E-state index in [9.17, 15) is 4.79 Å². The fourth-order valence-corrected chi connectivity index (χ4v) is 2.73. The zero-order valence-corrected chi connectivity index (χ0v) is 13.0. The molecule has 1 amide bonds. The number of benzene rings is 1. The molecule has 0 saturated heterocycles. The van der Waals surface area contributed by atoms with E-state index in [0.29, 0.717) is 10.6 Å². The van der Waals surface area contributed by atoms with Gasteiger partial charge in [-0.15, -0.1) is 0 Å². The Bertz CT molecular complexity index is 446. The quantitative estimate of drug-likeness (QED) is 0.785. The molecule has 1 aromatic rings. The lowest BCUT2D eigenvalue weighted by Crippen LogP contribution is -2.30. The van der Waals surface area contributed by atoms with E-state index in [4.69, 9.17) is 11.6 Å². The minimum Gasteiger partial charge on any atom is -0.351 e. The molecule has 0 unspecified atom stereocenters. The molecule has 1 aromatic carbocycles. The topological polar surface area (TPSA) is 29.1 Å². The smallest absolute Gasteiger partial charge is 0.251 e. The van der Waals surface area contributed by atoms with Gasteiger partial charge in [0.2, 0.25) is 0 Å². The van der Waals surface area contributed by atoms with Gasteiger partial charge < -0.3 is 5.32 Å². The van der Waals surface area contributed by atoms with Crippen LogP contribution in [0.3, 0.4) is 0 Å². The van der Waals surface area contributed by atoms with Crippen molar-refractivity contribution in [3.05, 3.63) is 33.3 Å². The van der Waals surface area contributed by atoms with Gasteiger partial charge in [0.25, 0.3) is 5.91 Å². The highest BCUT2D eigenvalue weighted by Gasteiger charge is 2.41. The van der Waals surface area contributed by atoms with E-state index in [1.807, 2.05) is 0 Å². The number of hydrogen-bond donors (Lipinski definition) is 1. The summed E-state index contributed by atoms with van der Waals surface area (Å²) in [6.07, 6.45) is 2.36. The van der Waals surface area contributed by atoms with E-state index in [-0.39, 0.29) is 11.3 Å². The molecule has 0 atom stereocenters. The monoisotopic (exact) mass is 379 g/mol. The molecule has 0 radical (unpaired) electrons. The van der Waals surface area contributed by atoms with Crippen LogP contribution in [0.1, 0.15) is 23.2 Å². The molecule has 0 aromatic heterocycles. The number of carbonyl (C=O) groups is 1. The van der Waals surface area contributed by atoms with Crippen LogP contribution in [-0.2, 0) is 0 Å². The summed E-state index contributed by atoms with van der Waals surface area (Å²) < 4.78 is 0.801. The van der Waals surface area contributed by atoms with Crippen molar-refractivity contribution in [3.63, 3.8) is 0 Å². The van der Waals surface area contributed by atoms with E-state index >= 15 is 0 Å². The Balaban J connectivity index is 1.97. The fourth-order valence-electron chi connectivity index (χ4n) is 1.54. The predicted octanol–water partition coefficient (Wildman–Crippen LogP) is 4.01. The molecule has 0 spiro atoms. The molecule has 5 heteroatoms. The van der Waals surface area contributed by atoms with E-state index < -0.39 is 0 Å². The first-order chi connectivity index (χ1) is 8.06. The number of rotatable bonds is 4. The van der Waals surface area contributed by atoms with Gasteiger partial charge in [-0.25, -0.2) is 0 Å². The van der Waals surface area contributed by atoms with E-state index in [1.165, 1.54) is 12.8 Å². The van der Waals surface area contributed by atoms with Gasteiger partial charge in [-0.2, -0.15) is 0 Å². The Labute approximate surface area is 122 Å². The second kappa shape index (κ2) is 5.29. The molecule has 92 valence electrons. The molecule has 1 aliphatic rings. The maximum atomic E-state index is 11.9. The Morgan fingerprint density at radius 1 is 1.47 bits per heavy atom. The lowest BCUT2D eigenvalue weighted by atomic mass is 10.1. The van der Waals surface area contributed by atoms with Crippen molar-refractivity contribution in [1.82, 2.24) is 5.32 Å². The van der Waals surface area contributed by atoms with E-state index in [1.54, 1.807) is 18.2 Å². The zero-order chi connectivity index (χ0) is 12.5. The van der Waals surface area contributed by atoms with Crippen molar-refractivity contribution in [2.45, 2.75) is 12.8 Å². The summed E-state index contributed by atoms with van der Waals surface area (Å²) >= 11 is 12.7. The average molecular weight is 381 g/mol. The Hall–Kier alpha value is -0.0600. The first-order valence-electron chi connectivity index (χ1n) is 5.36. The molecule has 1 N–H and O–H groups in total. The molecule has 0 bridgehead atoms. The number of nitrogens with one attached hydrogen (secondary N) is 1. The average Bonchev–Trinajstić information content (AvgIpc) is 3.10. The Kier molecular flexibility index (Phi) is 4.16. The fraction of sp³-hybridized carbons (Fsp3) is 0.417. The highest BCUT2D eigenvalue weighted by atomic mass is 79.9. The second-order valence-corrected chi connectivity index (χ2v) is 6.27. The first-order valence-corrected chi connectivity index (χ1v) is 7.65. The summed E-state index contributed by atoms with van der Waals surface area (Å²) in [7, 11) is 0. The van der Waals surface area contributed by atoms with Crippen LogP contribution >= 0.6 is 43.5 Å². The van der Waals surface area contributed by atoms with Crippen molar-refractivity contribution in [3.8, 4) is 0 Å². The van der Waals surface area contributed by atoms with Gasteiger partial charge in [-0.05, 0) is 52.4 Å². The molecule has 2 nitrogen and oxygen atoms in total. The number of hydrogen-bond acceptors (Lipinski definition) is 1. The number of amides is 1. The van der Waals surface area contributed by atoms with Crippen molar-refractivity contribution < 1.29 is 4.79 Å². The third-order valence-electron chi connectivity index (χ3n) is 3.05. The van der Waals surface area contributed by atoms with E-state index in [0.717, 1.165) is 16.3 Å². The molecule has 0 heterocycles. The van der Waals surface area contributed by atoms with Crippen molar-refractivity contribution in [1.29, 1.82) is 0 Å². The third-order valence-corrected chi connectivity index (χ3v) is 5.47. The molecule has 17 heavy (non-hydrogen) atoms. The standard InChI is InChI=1S/C12H12Br2ClNO/c13-6-12(3-4-12)7-16-11(17)8-1-2-9(14)10(15)5-8/h1-2,5H,3-4,6-7H2,(H,16,17). The molecule has 1 fully saturated rings. The lowest BCUT2D eigenvalue weighted by molar-refractivity contribution is 0.0946. The SMILES string of the molecule is O=C(NCC1(CBr)CC1)c1ccc(Br)c(Cl)c1. The highest BCUT2D eigenvalue weighted by Crippen LogP contribution is 2.46. The van der Waals surface area contributed by atoms with Crippen LogP contribution in [0.25, 0.3) is 0 Å². The van der Waals surface area contributed by atoms with Gasteiger partial charge in [0.05, 0.1) is 5.02 Å². The maximum Gasteiger partial charge on any atom is 0.251 e. The van der Waals surface area contributed by atoms with Crippen molar-refractivity contribution in [2.75, 3.05) is 11.9 Å². The van der Waals surface area contributed by atoms with Crippen LogP contribution in [0.2, 0.25) is 5.02 Å². The molecule has 2 rings (SSSR count). The minimum absolute atomic E-state index is 0.0633. The normalized spacial score (nSPS) is 16.6. The maximum absolute atomic E-state index is 11.9. The van der Waals surface area contributed by atoms with Crippen LogP contribution in [0, 0.1) is 5.41 Å². The summed E-state index contributed by atoms with van der Waals surface area (Å²) in [6.45, 7) is 0.727. The minimum atomic E-state index is -0.0633. The van der Waals surface area contributed by atoms with Crippen molar-refractivity contribution >= 4 is 49.4 Å². The van der Waals surface area contributed by atoms with Crippen LogP contribution in [0.5, 0.6) is 0 Å². The summed E-state index contributed by atoms with van der Waals surface area (Å²) in [5.74, 6) is -0.0633. The largest absolute Gasteiger partial charge is 0.351 e. The number of carbonyl (C=O) groups excluding carboxylic acids is 1. The van der Waals surface area contributed by atoms with Crippen LogP contribution in [0.4, 0.5) is 0 Å². The summed E-state index contributed by atoms with van der Waals surface area (Å²) in [5.41, 5.74) is 0.887. The first kappa shape index (κ1) is 13.4. The molecule has 0 aliphatic heterocycles.